The van der Waals surface area contributed by atoms with Gasteiger partial charge in [-0.1, -0.05) is 5.57 Å². The van der Waals surface area contributed by atoms with Crippen LogP contribution in [0.25, 0.3) is 0 Å². The monoisotopic (exact) mass is 279 g/mol. The molecular weight excluding hydrogens is 254 g/mol. The van der Waals surface area contributed by atoms with Crippen LogP contribution in [0.1, 0.15) is 31.4 Å². The van der Waals surface area contributed by atoms with Crippen LogP contribution in [-0.4, -0.2) is 28.4 Å². The maximum absolute atomic E-state index is 5.39. The van der Waals surface area contributed by atoms with Crippen LogP contribution in [0.4, 0.5) is 0 Å². The van der Waals surface area contributed by atoms with Crippen molar-refractivity contribution in [3.63, 3.8) is 0 Å². The summed E-state index contributed by atoms with van der Waals surface area (Å²) in [4.78, 5) is 0. The molecule has 0 spiro atoms. The summed E-state index contributed by atoms with van der Waals surface area (Å²) in [6.45, 7) is 6.00. The molecule has 1 rings (SSSR count). The highest BCUT2D eigenvalue weighted by molar-refractivity contribution is 5.54. The number of ether oxygens (including phenoxy) is 3. The van der Waals surface area contributed by atoms with Crippen molar-refractivity contribution in [3.8, 4) is 17.2 Å². The number of hydrogen-bond acceptors (Lipinski definition) is 4. The molecule has 0 bridgehead atoms. The van der Waals surface area contributed by atoms with Crippen LogP contribution in [0.2, 0.25) is 0 Å². The molecule has 4 heteroatoms. The Hall–Kier alpha value is -1.68. The molecule has 1 unspecified atom stereocenters. The molecule has 0 aliphatic rings. The first-order valence-electron chi connectivity index (χ1n) is 6.68. The zero-order valence-electron chi connectivity index (χ0n) is 13.1. The van der Waals surface area contributed by atoms with E-state index in [1.165, 1.54) is 5.57 Å². The van der Waals surface area contributed by atoms with E-state index in [0.717, 1.165) is 18.4 Å². The van der Waals surface area contributed by atoms with Crippen LogP contribution < -0.4 is 19.5 Å². The third kappa shape index (κ3) is 3.90. The summed E-state index contributed by atoms with van der Waals surface area (Å²) in [6.07, 6.45) is 1.95. The minimum atomic E-state index is 0.223. The Balaban J connectivity index is 3.12. The second-order valence-electron chi connectivity index (χ2n) is 4.80. The molecule has 112 valence electrons. The highest BCUT2D eigenvalue weighted by Gasteiger charge is 2.17. The largest absolute Gasteiger partial charge is 0.493 e. The molecule has 1 aromatic rings. The molecule has 0 saturated heterocycles. The van der Waals surface area contributed by atoms with E-state index >= 15 is 0 Å². The third-order valence-electron chi connectivity index (χ3n) is 3.30. The lowest BCUT2D eigenvalue weighted by molar-refractivity contribution is 0.323. The highest BCUT2D eigenvalue weighted by Crippen LogP contribution is 2.40. The first kappa shape index (κ1) is 16.4. The minimum Gasteiger partial charge on any atom is -0.493 e. The number of benzene rings is 1. The van der Waals surface area contributed by atoms with E-state index in [-0.39, 0.29) is 6.04 Å². The second-order valence-corrected chi connectivity index (χ2v) is 4.80. The summed E-state index contributed by atoms with van der Waals surface area (Å²) in [5.41, 5.74) is 2.29. The van der Waals surface area contributed by atoms with Gasteiger partial charge in [0.25, 0.3) is 0 Å². The molecule has 0 heterocycles. The van der Waals surface area contributed by atoms with Crippen LogP contribution in [0, 0.1) is 0 Å². The molecule has 0 aliphatic carbocycles. The summed E-state index contributed by atoms with van der Waals surface area (Å²) < 4.78 is 16.1. The van der Waals surface area contributed by atoms with E-state index in [2.05, 4.69) is 11.9 Å². The maximum atomic E-state index is 5.39. The lowest BCUT2D eigenvalue weighted by Gasteiger charge is -2.20. The molecule has 0 radical (unpaired) electrons. The Kier molecular flexibility index (Phi) is 6.39. The van der Waals surface area contributed by atoms with Crippen LogP contribution >= 0.6 is 0 Å². The van der Waals surface area contributed by atoms with Gasteiger partial charge in [-0.2, -0.15) is 0 Å². The molecule has 4 nitrogen and oxygen atoms in total. The van der Waals surface area contributed by atoms with Gasteiger partial charge >= 0.3 is 0 Å². The van der Waals surface area contributed by atoms with Gasteiger partial charge in [0, 0.05) is 6.04 Å². The van der Waals surface area contributed by atoms with Crippen LogP contribution in [-0.2, 0) is 0 Å². The zero-order chi connectivity index (χ0) is 15.1. The quantitative estimate of drug-likeness (QED) is 0.741. The van der Waals surface area contributed by atoms with Gasteiger partial charge in [-0.05, 0) is 44.5 Å². The first-order chi connectivity index (χ1) is 9.57. The Morgan fingerprint density at radius 1 is 1.15 bits per heavy atom. The number of nitrogens with one attached hydrogen (secondary N) is 1. The Bertz CT molecular complexity index is 432. The Labute approximate surface area is 121 Å². The molecule has 0 amide bonds. The molecule has 1 N–H and O–H groups in total. The van der Waals surface area contributed by atoms with E-state index in [1.807, 2.05) is 26.1 Å². The molecule has 1 aromatic carbocycles. The third-order valence-corrected chi connectivity index (χ3v) is 3.30. The molecule has 0 fully saturated rings. The summed E-state index contributed by atoms with van der Waals surface area (Å²) in [7, 11) is 6.82. The van der Waals surface area contributed by atoms with E-state index in [9.17, 15) is 0 Å². The predicted octanol–water partition coefficient (Wildman–Crippen LogP) is 3.33. The fourth-order valence-electron chi connectivity index (χ4n) is 2.17. The van der Waals surface area contributed by atoms with E-state index in [0.29, 0.717) is 17.2 Å². The van der Waals surface area contributed by atoms with E-state index < -0.39 is 0 Å². The number of rotatable bonds is 8. The summed E-state index contributed by atoms with van der Waals surface area (Å²) >= 11 is 0. The lowest BCUT2D eigenvalue weighted by Crippen LogP contribution is -2.16. The predicted molar refractivity (Wildman–Crippen MR) is 81.9 cm³/mol. The summed E-state index contributed by atoms with van der Waals surface area (Å²) in [5, 5.41) is 3.32. The van der Waals surface area contributed by atoms with Gasteiger partial charge in [-0.15, -0.1) is 6.58 Å². The average Bonchev–Trinajstić information content (AvgIpc) is 2.46. The fourth-order valence-corrected chi connectivity index (χ4v) is 2.17. The summed E-state index contributed by atoms with van der Waals surface area (Å²) in [5.74, 6) is 1.98. The van der Waals surface area contributed by atoms with Gasteiger partial charge in [0.2, 0.25) is 5.75 Å². The second kappa shape index (κ2) is 7.80. The van der Waals surface area contributed by atoms with Crippen LogP contribution in [0.5, 0.6) is 17.2 Å². The standard InChI is InChI=1S/C16H25NO3/c1-11(2)7-8-13(17-3)12-9-14(18-4)16(20-6)15(10-12)19-5/h9-10,13,17H,1,7-8H2,2-6H3. The van der Waals surface area contributed by atoms with E-state index in [4.69, 9.17) is 14.2 Å². The Morgan fingerprint density at radius 3 is 2.05 bits per heavy atom. The maximum Gasteiger partial charge on any atom is 0.203 e. The average molecular weight is 279 g/mol. The van der Waals surface area contributed by atoms with Crippen molar-refractivity contribution in [1.82, 2.24) is 5.32 Å². The van der Waals surface area contributed by atoms with Crippen molar-refractivity contribution in [2.75, 3.05) is 28.4 Å². The van der Waals surface area contributed by atoms with Gasteiger partial charge < -0.3 is 19.5 Å². The lowest BCUT2D eigenvalue weighted by atomic mass is 9.99. The van der Waals surface area contributed by atoms with Crippen LogP contribution in [0.15, 0.2) is 24.3 Å². The SMILES string of the molecule is C=C(C)CCC(NC)c1cc(OC)c(OC)c(OC)c1. The topological polar surface area (TPSA) is 39.7 Å². The van der Waals surface area contributed by atoms with Crippen molar-refractivity contribution in [2.24, 2.45) is 0 Å². The van der Waals surface area contributed by atoms with Gasteiger partial charge in [0.1, 0.15) is 0 Å². The van der Waals surface area contributed by atoms with Gasteiger partial charge in [-0.3, -0.25) is 0 Å². The molecular formula is C16H25NO3. The van der Waals surface area contributed by atoms with Crippen molar-refractivity contribution in [1.29, 1.82) is 0 Å². The van der Waals surface area contributed by atoms with Crippen molar-refractivity contribution in [2.45, 2.75) is 25.8 Å². The van der Waals surface area contributed by atoms with Crippen molar-refractivity contribution < 1.29 is 14.2 Å². The number of allylic oxidation sites excluding steroid dienone is 1. The van der Waals surface area contributed by atoms with E-state index in [1.54, 1.807) is 21.3 Å². The molecule has 0 saturated carbocycles. The zero-order valence-corrected chi connectivity index (χ0v) is 13.1. The number of methoxy groups -OCH3 is 3. The first-order valence-corrected chi connectivity index (χ1v) is 6.68. The minimum absolute atomic E-state index is 0.223. The molecule has 0 aliphatic heterocycles. The van der Waals surface area contributed by atoms with Gasteiger partial charge in [-0.25, -0.2) is 0 Å². The van der Waals surface area contributed by atoms with Gasteiger partial charge in [0.05, 0.1) is 21.3 Å². The molecule has 1 atom stereocenters. The number of hydrogen-bond donors (Lipinski definition) is 1. The highest BCUT2D eigenvalue weighted by atomic mass is 16.5. The van der Waals surface area contributed by atoms with Crippen molar-refractivity contribution >= 4 is 0 Å². The molecule has 20 heavy (non-hydrogen) atoms. The smallest absolute Gasteiger partial charge is 0.203 e. The summed E-state index contributed by atoms with van der Waals surface area (Å²) in [6, 6.07) is 4.20. The fraction of sp³-hybridized carbons (Fsp3) is 0.500. The van der Waals surface area contributed by atoms with Crippen LogP contribution in [0.3, 0.4) is 0 Å². The van der Waals surface area contributed by atoms with Crippen molar-refractivity contribution in [3.05, 3.63) is 29.8 Å². The molecule has 0 aromatic heterocycles. The van der Waals surface area contributed by atoms with Gasteiger partial charge in [0.15, 0.2) is 11.5 Å². The Morgan fingerprint density at radius 2 is 1.70 bits per heavy atom. The normalized spacial score (nSPS) is 11.8.